The highest BCUT2D eigenvalue weighted by Gasteiger charge is 2.30. The number of carboxylic acids is 1. The maximum atomic E-state index is 11.4. The lowest BCUT2D eigenvalue weighted by Gasteiger charge is -2.18. The molecule has 0 aliphatic heterocycles. The standard InChI is InChI=1S/C13H17NO5/c1-9-4-3-5-10(6-9)19-7-11(15)14-8-13(2,18)12(16)17/h3-6,18H,7-8H2,1-2H3,(H,14,15)(H,16,17). The van der Waals surface area contributed by atoms with Gasteiger partial charge in [-0.05, 0) is 31.5 Å². The largest absolute Gasteiger partial charge is 0.484 e. The van der Waals surface area contributed by atoms with Gasteiger partial charge in [0.05, 0.1) is 6.54 Å². The second-order valence-electron chi connectivity index (χ2n) is 4.46. The summed E-state index contributed by atoms with van der Waals surface area (Å²) in [5, 5.41) is 20.4. The van der Waals surface area contributed by atoms with E-state index in [-0.39, 0.29) is 13.2 Å². The summed E-state index contributed by atoms with van der Waals surface area (Å²) in [6.07, 6.45) is 0. The van der Waals surface area contributed by atoms with E-state index in [4.69, 9.17) is 9.84 Å². The van der Waals surface area contributed by atoms with Crippen LogP contribution in [0.3, 0.4) is 0 Å². The molecular formula is C13H17NO5. The van der Waals surface area contributed by atoms with Gasteiger partial charge in [-0.15, -0.1) is 0 Å². The first-order chi connectivity index (χ1) is 8.81. The molecule has 1 unspecified atom stereocenters. The zero-order valence-corrected chi connectivity index (χ0v) is 10.8. The number of carbonyl (C=O) groups is 2. The summed E-state index contributed by atoms with van der Waals surface area (Å²) in [6, 6.07) is 7.20. The Kier molecular flexibility index (Phi) is 4.88. The fourth-order valence-electron chi connectivity index (χ4n) is 1.25. The van der Waals surface area contributed by atoms with Gasteiger partial charge in [0, 0.05) is 0 Å². The minimum Gasteiger partial charge on any atom is -0.484 e. The first-order valence-corrected chi connectivity index (χ1v) is 5.73. The Bertz CT molecular complexity index is 470. The topological polar surface area (TPSA) is 95.9 Å². The van der Waals surface area contributed by atoms with Gasteiger partial charge in [0.1, 0.15) is 5.75 Å². The fraction of sp³-hybridized carbons (Fsp3) is 0.385. The lowest BCUT2D eigenvalue weighted by molar-refractivity contribution is -0.156. The van der Waals surface area contributed by atoms with Crippen molar-refractivity contribution in [1.29, 1.82) is 0 Å². The normalized spacial score (nSPS) is 13.4. The number of aliphatic carboxylic acids is 1. The molecule has 1 atom stereocenters. The van der Waals surface area contributed by atoms with E-state index >= 15 is 0 Å². The van der Waals surface area contributed by atoms with Gasteiger partial charge in [0.15, 0.2) is 12.2 Å². The molecular weight excluding hydrogens is 250 g/mol. The number of carboxylic acid groups (broad SMARTS) is 1. The molecule has 1 rings (SSSR count). The summed E-state index contributed by atoms with van der Waals surface area (Å²) in [5.41, 5.74) is -0.981. The molecule has 0 aliphatic carbocycles. The average Bonchev–Trinajstić information content (AvgIpc) is 2.34. The van der Waals surface area contributed by atoms with Gasteiger partial charge >= 0.3 is 5.97 Å². The Morgan fingerprint density at radius 3 is 2.68 bits per heavy atom. The Balaban J connectivity index is 2.39. The van der Waals surface area contributed by atoms with Crippen molar-refractivity contribution in [3.8, 4) is 5.75 Å². The first kappa shape index (κ1) is 15.0. The number of benzene rings is 1. The second-order valence-corrected chi connectivity index (χ2v) is 4.46. The molecule has 0 saturated heterocycles. The minimum atomic E-state index is -1.99. The van der Waals surface area contributed by atoms with Gasteiger partial charge in [-0.1, -0.05) is 12.1 Å². The van der Waals surface area contributed by atoms with Gasteiger partial charge in [-0.3, -0.25) is 4.79 Å². The molecule has 0 saturated carbocycles. The first-order valence-electron chi connectivity index (χ1n) is 5.73. The Morgan fingerprint density at radius 2 is 2.11 bits per heavy atom. The van der Waals surface area contributed by atoms with Crippen LogP contribution in [-0.4, -0.2) is 40.8 Å². The third-order valence-corrected chi connectivity index (χ3v) is 2.45. The number of ether oxygens (including phenoxy) is 1. The predicted molar refractivity (Wildman–Crippen MR) is 67.9 cm³/mol. The Labute approximate surface area is 111 Å². The van der Waals surface area contributed by atoms with Gasteiger partial charge in [0.2, 0.25) is 0 Å². The van der Waals surface area contributed by atoms with Crippen molar-refractivity contribution in [2.24, 2.45) is 0 Å². The molecule has 0 aromatic heterocycles. The van der Waals surface area contributed by atoms with E-state index in [2.05, 4.69) is 5.32 Å². The van der Waals surface area contributed by atoms with Crippen LogP contribution in [0.25, 0.3) is 0 Å². The summed E-state index contributed by atoms with van der Waals surface area (Å²) >= 11 is 0. The van der Waals surface area contributed by atoms with Crippen LogP contribution in [0.5, 0.6) is 5.75 Å². The number of aliphatic hydroxyl groups is 1. The third-order valence-electron chi connectivity index (χ3n) is 2.45. The van der Waals surface area contributed by atoms with Crippen LogP contribution < -0.4 is 10.1 Å². The monoisotopic (exact) mass is 267 g/mol. The Hall–Kier alpha value is -2.08. The molecule has 1 aromatic rings. The van der Waals surface area contributed by atoms with E-state index in [9.17, 15) is 14.7 Å². The maximum absolute atomic E-state index is 11.4. The highest BCUT2D eigenvalue weighted by Crippen LogP contribution is 2.11. The third kappa shape index (κ3) is 4.97. The summed E-state index contributed by atoms with van der Waals surface area (Å²) in [6.45, 7) is 2.39. The van der Waals surface area contributed by atoms with Gasteiger partial charge in [0.25, 0.3) is 5.91 Å². The van der Waals surface area contributed by atoms with E-state index in [1.807, 2.05) is 13.0 Å². The van der Waals surface area contributed by atoms with Crippen molar-refractivity contribution in [3.63, 3.8) is 0 Å². The molecule has 1 amide bonds. The van der Waals surface area contributed by atoms with Crippen LogP contribution in [0.4, 0.5) is 0 Å². The average molecular weight is 267 g/mol. The Morgan fingerprint density at radius 1 is 1.42 bits per heavy atom. The van der Waals surface area contributed by atoms with Gasteiger partial charge in [-0.25, -0.2) is 4.79 Å². The van der Waals surface area contributed by atoms with Crippen molar-refractivity contribution in [2.75, 3.05) is 13.2 Å². The number of carbonyl (C=O) groups excluding carboxylic acids is 1. The second kappa shape index (κ2) is 6.19. The van der Waals surface area contributed by atoms with E-state index in [1.54, 1.807) is 18.2 Å². The molecule has 0 bridgehead atoms. The number of nitrogens with one attached hydrogen (secondary N) is 1. The van der Waals surface area contributed by atoms with Crippen LogP contribution in [0.1, 0.15) is 12.5 Å². The van der Waals surface area contributed by atoms with E-state index in [1.165, 1.54) is 0 Å². The van der Waals surface area contributed by atoms with E-state index in [0.717, 1.165) is 12.5 Å². The van der Waals surface area contributed by atoms with Crippen molar-refractivity contribution in [3.05, 3.63) is 29.8 Å². The molecule has 0 radical (unpaired) electrons. The number of hydrogen-bond donors (Lipinski definition) is 3. The molecule has 6 nitrogen and oxygen atoms in total. The van der Waals surface area contributed by atoms with E-state index < -0.39 is 17.5 Å². The molecule has 6 heteroatoms. The van der Waals surface area contributed by atoms with Crippen LogP contribution in [0.15, 0.2) is 24.3 Å². The van der Waals surface area contributed by atoms with Crippen molar-refractivity contribution in [1.82, 2.24) is 5.32 Å². The fourth-order valence-corrected chi connectivity index (χ4v) is 1.25. The predicted octanol–water partition coefficient (Wildman–Crippen LogP) is 0.326. The molecule has 104 valence electrons. The van der Waals surface area contributed by atoms with Crippen LogP contribution in [0, 0.1) is 6.92 Å². The SMILES string of the molecule is Cc1cccc(OCC(=O)NCC(C)(O)C(=O)O)c1. The molecule has 0 aliphatic rings. The number of aryl methyl sites for hydroxylation is 1. The summed E-state index contributed by atoms with van der Waals surface area (Å²) < 4.78 is 5.23. The molecule has 0 heterocycles. The van der Waals surface area contributed by atoms with Crippen molar-refractivity contribution >= 4 is 11.9 Å². The number of amides is 1. The minimum absolute atomic E-state index is 0.237. The summed E-state index contributed by atoms with van der Waals surface area (Å²) in [4.78, 5) is 22.0. The number of hydrogen-bond acceptors (Lipinski definition) is 4. The highest BCUT2D eigenvalue weighted by molar-refractivity contribution is 5.80. The summed E-state index contributed by atoms with van der Waals surface area (Å²) in [5.74, 6) is -1.34. The van der Waals surface area contributed by atoms with Crippen molar-refractivity contribution in [2.45, 2.75) is 19.4 Å². The van der Waals surface area contributed by atoms with Crippen LogP contribution in [-0.2, 0) is 9.59 Å². The molecule has 3 N–H and O–H groups in total. The lowest BCUT2D eigenvalue weighted by Crippen LogP contribution is -2.47. The summed E-state index contributed by atoms with van der Waals surface area (Å²) in [7, 11) is 0. The molecule has 0 fully saturated rings. The number of rotatable bonds is 6. The molecule has 1 aromatic carbocycles. The zero-order chi connectivity index (χ0) is 14.5. The van der Waals surface area contributed by atoms with Crippen LogP contribution in [0.2, 0.25) is 0 Å². The van der Waals surface area contributed by atoms with E-state index in [0.29, 0.717) is 5.75 Å². The van der Waals surface area contributed by atoms with Gasteiger partial charge in [-0.2, -0.15) is 0 Å². The van der Waals surface area contributed by atoms with Crippen LogP contribution >= 0.6 is 0 Å². The molecule has 19 heavy (non-hydrogen) atoms. The van der Waals surface area contributed by atoms with Gasteiger partial charge < -0.3 is 20.3 Å². The smallest absolute Gasteiger partial charge is 0.337 e. The maximum Gasteiger partial charge on any atom is 0.337 e. The van der Waals surface area contributed by atoms with Crippen molar-refractivity contribution < 1.29 is 24.5 Å². The zero-order valence-electron chi connectivity index (χ0n) is 10.8. The lowest BCUT2D eigenvalue weighted by atomic mass is 10.1. The highest BCUT2D eigenvalue weighted by atomic mass is 16.5. The molecule has 0 spiro atoms. The quantitative estimate of drug-likeness (QED) is 0.690.